The number of phenols is 1. The number of allylic oxidation sites excluding steroid dienone is 3. The second-order valence-electron chi connectivity index (χ2n) is 11.0. The van der Waals surface area contributed by atoms with Crippen LogP contribution in [0.2, 0.25) is 0 Å². The molecule has 39 heavy (non-hydrogen) atoms. The van der Waals surface area contributed by atoms with Crippen LogP contribution in [-0.2, 0) is 14.3 Å². The number of carbonyl (C=O) groups excluding carboxylic acids is 2. The van der Waals surface area contributed by atoms with E-state index in [-0.39, 0.29) is 30.9 Å². The van der Waals surface area contributed by atoms with Crippen molar-refractivity contribution in [1.82, 2.24) is 5.32 Å². The number of esters is 1. The number of hydrogen-bond donors (Lipinski definition) is 2. The largest absolute Gasteiger partial charge is 0.508 e. The molecule has 7 nitrogen and oxygen atoms in total. The van der Waals surface area contributed by atoms with E-state index in [0.29, 0.717) is 42.1 Å². The molecule has 0 bridgehead atoms. The maximum Gasteiger partial charge on any atom is 0.336 e. The molecule has 6 rings (SSSR count). The third-order valence-electron chi connectivity index (χ3n) is 8.56. The smallest absolute Gasteiger partial charge is 0.336 e. The van der Waals surface area contributed by atoms with E-state index in [2.05, 4.69) is 5.32 Å². The Hall–Kier alpha value is -3.74. The number of nitrogens with one attached hydrogen (secondary N) is 1. The van der Waals surface area contributed by atoms with Gasteiger partial charge in [0.25, 0.3) is 0 Å². The summed E-state index contributed by atoms with van der Waals surface area (Å²) in [4.78, 5) is 27.4. The monoisotopic (exact) mass is 529 g/mol. The molecule has 0 saturated heterocycles. The molecule has 2 aliphatic heterocycles. The van der Waals surface area contributed by atoms with Gasteiger partial charge in [0, 0.05) is 29.3 Å². The second-order valence-corrected chi connectivity index (χ2v) is 11.0. The molecule has 2 heterocycles. The van der Waals surface area contributed by atoms with Crippen molar-refractivity contribution in [2.45, 2.75) is 70.1 Å². The van der Waals surface area contributed by atoms with Crippen molar-refractivity contribution in [1.29, 1.82) is 0 Å². The summed E-state index contributed by atoms with van der Waals surface area (Å²) in [5.74, 6) is 1.15. The van der Waals surface area contributed by atoms with Crippen LogP contribution in [0.15, 0.2) is 65.0 Å². The molecular formula is C32H35NO6. The van der Waals surface area contributed by atoms with Crippen molar-refractivity contribution >= 4 is 11.8 Å². The third-order valence-corrected chi connectivity index (χ3v) is 8.56. The summed E-state index contributed by atoms with van der Waals surface area (Å²) in [7, 11) is 0. The van der Waals surface area contributed by atoms with Gasteiger partial charge in [0.2, 0.25) is 6.79 Å². The zero-order valence-electron chi connectivity index (χ0n) is 22.3. The molecule has 4 aliphatic rings. The van der Waals surface area contributed by atoms with Crippen molar-refractivity contribution in [2.75, 3.05) is 13.4 Å². The van der Waals surface area contributed by atoms with Crippen molar-refractivity contribution in [3.8, 4) is 17.2 Å². The minimum absolute atomic E-state index is 0.00333. The summed E-state index contributed by atoms with van der Waals surface area (Å²) in [6.45, 7) is 2.25. The van der Waals surface area contributed by atoms with Crippen molar-refractivity contribution < 1.29 is 28.9 Å². The zero-order chi connectivity index (χ0) is 26.9. The number of ether oxygens (including phenoxy) is 3. The molecule has 2 unspecified atom stereocenters. The molecule has 1 saturated carbocycles. The van der Waals surface area contributed by atoms with Crippen LogP contribution < -0.4 is 14.8 Å². The van der Waals surface area contributed by atoms with Gasteiger partial charge in [-0.05, 0) is 73.4 Å². The van der Waals surface area contributed by atoms with Crippen molar-refractivity contribution in [2.24, 2.45) is 5.92 Å². The van der Waals surface area contributed by atoms with Gasteiger partial charge in [-0.3, -0.25) is 4.79 Å². The first-order valence-electron chi connectivity index (χ1n) is 14.1. The highest BCUT2D eigenvalue weighted by atomic mass is 16.7. The predicted molar refractivity (Wildman–Crippen MR) is 145 cm³/mol. The standard InChI is InChI=1S/C32H35NO6/c1-2-37-32(36)31-24(12-10-19-6-3-4-7-19)33-25-15-22(20-11-13-27-28(17-20)39-18-38-27)16-26(35)30(25)29(31)21-8-5-9-23(34)14-21/h5,8-9,11,13-14,17,19,22,29,33-34H,2-4,6-7,10,12,15-16,18H2,1H3. The van der Waals surface area contributed by atoms with Gasteiger partial charge in [0.05, 0.1) is 12.2 Å². The number of carbonyl (C=O) groups is 2. The lowest BCUT2D eigenvalue weighted by Gasteiger charge is -2.37. The predicted octanol–water partition coefficient (Wildman–Crippen LogP) is 6.00. The lowest BCUT2D eigenvalue weighted by Crippen LogP contribution is -2.37. The maximum absolute atomic E-state index is 13.9. The highest BCUT2D eigenvalue weighted by Crippen LogP contribution is 2.48. The van der Waals surface area contributed by atoms with E-state index in [9.17, 15) is 14.7 Å². The van der Waals surface area contributed by atoms with E-state index >= 15 is 0 Å². The molecule has 0 radical (unpaired) electrons. The Labute approximate surface area is 228 Å². The summed E-state index contributed by atoms with van der Waals surface area (Å²) < 4.78 is 16.6. The van der Waals surface area contributed by atoms with Crippen LogP contribution in [0, 0.1) is 5.92 Å². The van der Waals surface area contributed by atoms with Gasteiger partial charge >= 0.3 is 5.97 Å². The molecular weight excluding hydrogens is 494 g/mol. The molecule has 0 amide bonds. The quantitative estimate of drug-likeness (QED) is 0.425. The van der Waals surface area contributed by atoms with Crippen LogP contribution in [-0.4, -0.2) is 30.3 Å². The molecule has 1 fully saturated rings. The number of phenolic OH excluding ortho intramolecular Hbond substituents is 1. The van der Waals surface area contributed by atoms with Crippen LogP contribution >= 0.6 is 0 Å². The Morgan fingerprint density at radius 2 is 1.87 bits per heavy atom. The van der Waals surface area contributed by atoms with E-state index < -0.39 is 11.9 Å². The maximum atomic E-state index is 13.9. The van der Waals surface area contributed by atoms with Crippen LogP contribution in [0.25, 0.3) is 0 Å². The number of aromatic hydroxyl groups is 1. The Kier molecular flexibility index (Phi) is 7.07. The van der Waals surface area contributed by atoms with Gasteiger partial charge in [-0.1, -0.05) is 43.9 Å². The average Bonchev–Trinajstić information content (AvgIpc) is 3.63. The summed E-state index contributed by atoms with van der Waals surface area (Å²) in [6, 6.07) is 12.8. The fraction of sp³-hybridized carbons (Fsp3) is 0.438. The Morgan fingerprint density at radius 1 is 1.05 bits per heavy atom. The SMILES string of the molecule is CCOC(=O)C1=C(CCC2CCCC2)NC2=C(C(=O)CC(c3ccc4c(c3)OCO4)C2)C1c1cccc(O)c1. The number of fused-ring (bicyclic) bond motifs is 1. The normalized spacial score (nSPS) is 22.6. The number of dihydropyridines is 1. The highest BCUT2D eigenvalue weighted by Gasteiger charge is 2.42. The second kappa shape index (κ2) is 10.8. The lowest BCUT2D eigenvalue weighted by atomic mass is 9.71. The molecule has 2 aliphatic carbocycles. The van der Waals surface area contributed by atoms with Gasteiger partial charge < -0.3 is 24.6 Å². The molecule has 2 aromatic rings. The van der Waals surface area contributed by atoms with Crippen LogP contribution in [0.5, 0.6) is 17.2 Å². The Balaban J connectivity index is 1.41. The Bertz CT molecular complexity index is 1350. The first kappa shape index (κ1) is 25.5. The van der Waals surface area contributed by atoms with E-state index in [4.69, 9.17) is 14.2 Å². The summed E-state index contributed by atoms with van der Waals surface area (Å²) in [5.41, 5.74) is 4.55. The summed E-state index contributed by atoms with van der Waals surface area (Å²) in [6.07, 6.45) is 7.62. The highest BCUT2D eigenvalue weighted by molar-refractivity contribution is 6.04. The lowest BCUT2D eigenvalue weighted by molar-refractivity contribution is -0.138. The third kappa shape index (κ3) is 5.02. The van der Waals surface area contributed by atoms with E-state index in [0.717, 1.165) is 34.7 Å². The summed E-state index contributed by atoms with van der Waals surface area (Å²) >= 11 is 0. The minimum Gasteiger partial charge on any atom is -0.508 e. The van der Waals surface area contributed by atoms with Gasteiger partial charge in [0.15, 0.2) is 17.3 Å². The molecule has 0 aromatic heterocycles. The number of ketones is 1. The van der Waals surface area contributed by atoms with Gasteiger partial charge in [-0.25, -0.2) is 4.79 Å². The molecule has 2 aromatic carbocycles. The molecule has 7 heteroatoms. The average molecular weight is 530 g/mol. The van der Waals surface area contributed by atoms with E-state index in [1.807, 2.05) is 24.3 Å². The molecule has 2 atom stereocenters. The number of Topliss-reactive ketones (excluding diaryl/α,β-unsaturated/α-hetero) is 1. The van der Waals surface area contributed by atoms with Gasteiger partial charge in [-0.15, -0.1) is 0 Å². The number of hydrogen-bond acceptors (Lipinski definition) is 7. The van der Waals surface area contributed by atoms with Gasteiger partial charge in [0.1, 0.15) is 5.75 Å². The van der Waals surface area contributed by atoms with Crippen LogP contribution in [0.1, 0.15) is 81.3 Å². The minimum atomic E-state index is -0.587. The fourth-order valence-corrected chi connectivity index (χ4v) is 6.69. The molecule has 204 valence electrons. The zero-order valence-corrected chi connectivity index (χ0v) is 22.3. The summed E-state index contributed by atoms with van der Waals surface area (Å²) in [5, 5.41) is 13.9. The first-order chi connectivity index (χ1) is 19.0. The van der Waals surface area contributed by atoms with Gasteiger partial charge in [-0.2, -0.15) is 0 Å². The molecule has 2 N–H and O–H groups in total. The van der Waals surface area contributed by atoms with E-state index in [1.54, 1.807) is 25.1 Å². The fourth-order valence-electron chi connectivity index (χ4n) is 6.69. The van der Waals surface area contributed by atoms with Crippen LogP contribution in [0.3, 0.4) is 0 Å². The molecule has 0 spiro atoms. The Morgan fingerprint density at radius 3 is 2.67 bits per heavy atom. The first-order valence-corrected chi connectivity index (χ1v) is 14.1. The van der Waals surface area contributed by atoms with E-state index in [1.165, 1.54) is 25.7 Å². The van der Waals surface area contributed by atoms with Crippen molar-refractivity contribution in [3.63, 3.8) is 0 Å². The van der Waals surface area contributed by atoms with Crippen LogP contribution in [0.4, 0.5) is 0 Å². The number of rotatable bonds is 7. The topological polar surface area (TPSA) is 94.1 Å². The van der Waals surface area contributed by atoms with Crippen molar-refractivity contribution in [3.05, 3.63) is 76.1 Å². The number of benzene rings is 2.